The van der Waals surface area contributed by atoms with Gasteiger partial charge in [-0.05, 0) is 13.0 Å². The maximum Gasteiger partial charge on any atom is 0.317 e. The van der Waals surface area contributed by atoms with Crippen LogP contribution in [0, 0.1) is 5.92 Å². The molecule has 0 aliphatic heterocycles. The highest BCUT2D eigenvalue weighted by Gasteiger charge is 2.09. The van der Waals surface area contributed by atoms with Crippen molar-refractivity contribution in [1.29, 1.82) is 0 Å². The number of hydrogen-bond acceptors (Lipinski definition) is 2. The van der Waals surface area contributed by atoms with Crippen LogP contribution in [-0.4, -0.2) is 36.1 Å². The summed E-state index contributed by atoms with van der Waals surface area (Å²) in [5.74, 6) is -0.113. The topological polar surface area (TPSA) is 40.5 Å². The first kappa shape index (κ1) is 11.4. The molecular formula is C9H19NO2. The van der Waals surface area contributed by atoms with Gasteiger partial charge < -0.3 is 5.11 Å². The summed E-state index contributed by atoms with van der Waals surface area (Å²) in [6.07, 6.45) is 2.25. The molecule has 0 atom stereocenters. The van der Waals surface area contributed by atoms with E-state index in [-0.39, 0.29) is 6.54 Å². The normalized spacial score (nSPS) is 11.1. The predicted octanol–water partition coefficient (Wildman–Crippen LogP) is 1.44. The molecule has 0 heterocycles. The van der Waals surface area contributed by atoms with Gasteiger partial charge in [0, 0.05) is 6.54 Å². The Kier molecular flexibility index (Phi) is 5.72. The molecule has 72 valence electrons. The van der Waals surface area contributed by atoms with Crippen LogP contribution in [0.25, 0.3) is 0 Å². The molecule has 0 amide bonds. The lowest BCUT2D eigenvalue weighted by atomic mass is 10.0. The van der Waals surface area contributed by atoms with E-state index in [2.05, 4.69) is 13.8 Å². The fraction of sp³-hybridized carbons (Fsp3) is 0.889. The zero-order chi connectivity index (χ0) is 9.56. The van der Waals surface area contributed by atoms with Gasteiger partial charge in [-0.2, -0.15) is 0 Å². The van der Waals surface area contributed by atoms with Gasteiger partial charge in [-0.25, -0.2) is 0 Å². The van der Waals surface area contributed by atoms with Crippen LogP contribution < -0.4 is 0 Å². The molecule has 12 heavy (non-hydrogen) atoms. The highest BCUT2D eigenvalue weighted by Crippen LogP contribution is 2.08. The third-order valence-corrected chi connectivity index (χ3v) is 2.13. The SMILES string of the molecule is CCC(CC)CN(C)CC(=O)O. The minimum Gasteiger partial charge on any atom is -0.480 e. The molecule has 0 saturated carbocycles. The molecule has 0 aromatic heterocycles. The van der Waals surface area contributed by atoms with E-state index < -0.39 is 5.97 Å². The molecule has 0 aliphatic carbocycles. The molecule has 0 unspecified atom stereocenters. The quantitative estimate of drug-likeness (QED) is 0.660. The van der Waals surface area contributed by atoms with Gasteiger partial charge in [0.2, 0.25) is 0 Å². The Morgan fingerprint density at radius 3 is 2.25 bits per heavy atom. The number of carbonyl (C=O) groups is 1. The molecule has 0 aromatic rings. The standard InChI is InChI=1S/C9H19NO2/c1-4-8(5-2)6-10(3)7-9(11)12/h8H,4-7H2,1-3H3,(H,11,12). The molecule has 0 radical (unpaired) electrons. The molecule has 0 aromatic carbocycles. The van der Waals surface area contributed by atoms with Gasteiger partial charge in [0.1, 0.15) is 0 Å². The lowest BCUT2D eigenvalue weighted by molar-refractivity contribution is -0.138. The average Bonchev–Trinajstić information content (AvgIpc) is 1.98. The van der Waals surface area contributed by atoms with E-state index in [0.29, 0.717) is 5.92 Å². The Morgan fingerprint density at radius 1 is 1.42 bits per heavy atom. The van der Waals surface area contributed by atoms with Crippen LogP contribution in [0.5, 0.6) is 0 Å². The Labute approximate surface area is 74.4 Å². The van der Waals surface area contributed by atoms with Crippen LogP contribution in [0.1, 0.15) is 26.7 Å². The highest BCUT2D eigenvalue weighted by molar-refractivity contribution is 5.68. The lowest BCUT2D eigenvalue weighted by Gasteiger charge is -2.20. The number of carboxylic acid groups (broad SMARTS) is 1. The zero-order valence-electron chi connectivity index (χ0n) is 8.21. The molecule has 3 nitrogen and oxygen atoms in total. The van der Waals surface area contributed by atoms with Crippen molar-refractivity contribution in [2.24, 2.45) is 5.92 Å². The molecule has 1 N–H and O–H groups in total. The first-order valence-electron chi connectivity index (χ1n) is 4.50. The Morgan fingerprint density at radius 2 is 1.92 bits per heavy atom. The summed E-state index contributed by atoms with van der Waals surface area (Å²) in [5.41, 5.74) is 0. The van der Waals surface area contributed by atoms with Crippen LogP contribution >= 0.6 is 0 Å². The molecule has 0 aliphatic rings. The minimum atomic E-state index is -0.747. The number of likely N-dealkylation sites (N-methyl/N-ethyl adjacent to an activating group) is 1. The summed E-state index contributed by atoms with van der Waals surface area (Å²) < 4.78 is 0. The summed E-state index contributed by atoms with van der Waals surface area (Å²) in [5, 5.41) is 8.50. The second-order valence-corrected chi connectivity index (χ2v) is 3.27. The Hall–Kier alpha value is -0.570. The van der Waals surface area contributed by atoms with Gasteiger partial charge in [-0.15, -0.1) is 0 Å². The maximum atomic E-state index is 10.3. The highest BCUT2D eigenvalue weighted by atomic mass is 16.4. The van der Waals surface area contributed by atoms with Crippen molar-refractivity contribution in [3.63, 3.8) is 0 Å². The van der Waals surface area contributed by atoms with E-state index in [9.17, 15) is 4.79 Å². The predicted molar refractivity (Wildman–Crippen MR) is 49.2 cm³/mol. The summed E-state index contributed by atoms with van der Waals surface area (Å²) in [6, 6.07) is 0. The van der Waals surface area contributed by atoms with Crippen LogP contribution in [0.2, 0.25) is 0 Å². The average molecular weight is 173 g/mol. The molecule has 0 bridgehead atoms. The Balaban J connectivity index is 3.65. The second kappa shape index (κ2) is 6.00. The molecule has 0 saturated heterocycles. The van der Waals surface area contributed by atoms with Crippen LogP contribution in [0.3, 0.4) is 0 Å². The van der Waals surface area contributed by atoms with Crippen molar-refractivity contribution < 1.29 is 9.90 Å². The third-order valence-electron chi connectivity index (χ3n) is 2.13. The minimum absolute atomic E-state index is 0.149. The molecule has 0 spiro atoms. The molecule has 0 rings (SSSR count). The van der Waals surface area contributed by atoms with E-state index in [1.165, 1.54) is 0 Å². The largest absolute Gasteiger partial charge is 0.480 e. The summed E-state index contributed by atoms with van der Waals surface area (Å²) >= 11 is 0. The van der Waals surface area contributed by atoms with Gasteiger partial charge >= 0.3 is 5.97 Å². The number of aliphatic carboxylic acids is 1. The van der Waals surface area contributed by atoms with E-state index >= 15 is 0 Å². The number of nitrogens with zero attached hydrogens (tertiary/aromatic N) is 1. The summed E-state index contributed by atoms with van der Waals surface area (Å²) in [6.45, 7) is 5.32. The van der Waals surface area contributed by atoms with Gasteiger partial charge in [-0.3, -0.25) is 9.69 Å². The van der Waals surface area contributed by atoms with Gasteiger partial charge in [-0.1, -0.05) is 26.7 Å². The van der Waals surface area contributed by atoms with Crippen molar-refractivity contribution >= 4 is 5.97 Å². The first-order chi connectivity index (χ1) is 5.60. The van der Waals surface area contributed by atoms with E-state index in [0.717, 1.165) is 19.4 Å². The van der Waals surface area contributed by atoms with Crippen molar-refractivity contribution in [1.82, 2.24) is 4.90 Å². The van der Waals surface area contributed by atoms with Crippen molar-refractivity contribution in [3.8, 4) is 0 Å². The van der Waals surface area contributed by atoms with E-state index in [1.807, 2.05) is 11.9 Å². The van der Waals surface area contributed by atoms with Crippen molar-refractivity contribution in [2.75, 3.05) is 20.1 Å². The second-order valence-electron chi connectivity index (χ2n) is 3.27. The lowest BCUT2D eigenvalue weighted by Crippen LogP contribution is -2.30. The number of rotatable bonds is 6. The molecular weight excluding hydrogens is 154 g/mol. The first-order valence-corrected chi connectivity index (χ1v) is 4.50. The van der Waals surface area contributed by atoms with E-state index in [4.69, 9.17) is 5.11 Å². The third kappa shape index (κ3) is 5.13. The van der Waals surface area contributed by atoms with Crippen LogP contribution in [0.15, 0.2) is 0 Å². The Bertz CT molecular complexity index is 132. The zero-order valence-corrected chi connectivity index (χ0v) is 8.21. The monoisotopic (exact) mass is 173 g/mol. The maximum absolute atomic E-state index is 10.3. The van der Waals surface area contributed by atoms with Crippen molar-refractivity contribution in [2.45, 2.75) is 26.7 Å². The smallest absolute Gasteiger partial charge is 0.317 e. The van der Waals surface area contributed by atoms with Gasteiger partial charge in [0.25, 0.3) is 0 Å². The summed E-state index contributed by atoms with van der Waals surface area (Å²) in [7, 11) is 1.85. The fourth-order valence-electron chi connectivity index (χ4n) is 1.28. The molecule has 3 heteroatoms. The molecule has 0 fully saturated rings. The van der Waals surface area contributed by atoms with Gasteiger partial charge in [0.05, 0.1) is 6.54 Å². The summed E-state index contributed by atoms with van der Waals surface area (Å²) in [4.78, 5) is 12.2. The van der Waals surface area contributed by atoms with Crippen LogP contribution in [0.4, 0.5) is 0 Å². The fourth-order valence-corrected chi connectivity index (χ4v) is 1.28. The van der Waals surface area contributed by atoms with Gasteiger partial charge in [0.15, 0.2) is 0 Å². The van der Waals surface area contributed by atoms with E-state index in [1.54, 1.807) is 0 Å². The van der Waals surface area contributed by atoms with Crippen LogP contribution in [-0.2, 0) is 4.79 Å². The van der Waals surface area contributed by atoms with Crippen molar-refractivity contribution in [3.05, 3.63) is 0 Å². The number of hydrogen-bond donors (Lipinski definition) is 1. The number of carboxylic acids is 1.